The van der Waals surface area contributed by atoms with Gasteiger partial charge in [-0.1, -0.05) is 25.1 Å². The number of hydrogen-bond acceptors (Lipinski definition) is 4. The molecule has 2 fully saturated rings. The average Bonchev–Trinajstić information content (AvgIpc) is 3.31. The summed E-state index contributed by atoms with van der Waals surface area (Å²) in [5, 5.41) is 22.2. The van der Waals surface area contributed by atoms with E-state index in [1.165, 1.54) is 12.0 Å². The molecule has 0 aliphatic heterocycles. The molecule has 2 N–H and O–H groups in total. The number of hydrogen-bond donors (Lipinski definition) is 2. The fourth-order valence-corrected chi connectivity index (χ4v) is 7.30. The molecule has 1 aromatic heterocycles. The summed E-state index contributed by atoms with van der Waals surface area (Å²) in [7, 11) is 0. The molecule has 2 saturated carbocycles. The second-order valence-corrected chi connectivity index (χ2v) is 10.6. The molecule has 5 heteroatoms. The highest BCUT2D eigenvalue weighted by Crippen LogP contribution is 2.63. The summed E-state index contributed by atoms with van der Waals surface area (Å²) in [4.78, 5) is 4.22. The Hall–Kier alpha value is -1.98. The predicted octanol–water partition coefficient (Wildman–Crippen LogP) is 5.35. The van der Waals surface area contributed by atoms with Gasteiger partial charge in [0, 0.05) is 24.2 Å². The van der Waals surface area contributed by atoms with Gasteiger partial charge in [0.1, 0.15) is 11.2 Å². The molecule has 0 radical (unpaired) electrons. The number of fused-ring (bicyclic) bond motifs is 5. The highest BCUT2D eigenvalue weighted by Gasteiger charge is 2.59. The number of aromatic nitrogens is 1. The maximum absolute atomic E-state index is 16.0. The summed E-state index contributed by atoms with van der Waals surface area (Å²) in [5.41, 5.74) is 2.26. The molecular formula is C26H30FNO3. The fraction of sp³-hybridized carbons (Fsp3) is 0.577. The van der Waals surface area contributed by atoms with Crippen LogP contribution in [0.15, 0.2) is 46.7 Å². The molecule has 6 rings (SSSR count). The Morgan fingerprint density at radius 3 is 2.94 bits per heavy atom. The van der Waals surface area contributed by atoms with Gasteiger partial charge in [0.2, 0.25) is 0 Å². The molecule has 6 atom stereocenters. The summed E-state index contributed by atoms with van der Waals surface area (Å²) in [5.74, 6) is -0.0329. The number of benzene rings is 1. The highest BCUT2D eigenvalue weighted by molar-refractivity contribution is 5.82. The fourth-order valence-electron chi connectivity index (χ4n) is 7.30. The van der Waals surface area contributed by atoms with Crippen molar-refractivity contribution in [2.45, 2.75) is 75.7 Å². The molecule has 0 amide bonds. The lowest BCUT2D eigenvalue weighted by molar-refractivity contribution is -0.0359. The molecule has 0 bridgehead atoms. The average molecular weight is 424 g/mol. The molecule has 2 aromatic rings. The molecule has 5 unspecified atom stereocenters. The van der Waals surface area contributed by atoms with E-state index in [4.69, 9.17) is 4.42 Å². The lowest BCUT2D eigenvalue weighted by Gasteiger charge is -2.49. The molecule has 4 aliphatic carbocycles. The largest absolute Gasteiger partial charge is 0.443 e. The number of halogens is 1. The molecule has 1 heterocycles. The van der Waals surface area contributed by atoms with E-state index in [1.54, 1.807) is 0 Å². The van der Waals surface area contributed by atoms with E-state index in [9.17, 15) is 10.2 Å². The van der Waals surface area contributed by atoms with Crippen molar-refractivity contribution < 1.29 is 19.0 Å². The van der Waals surface area contributed by atoms with Gasteiger partial charge in [-0.15, -0.1) is 0 Å². The van der Waals surface area contributed by atoms with Crippen molar-refractivity contribution in [2.75, 3.05) is 0 Å². The third-order valence-corrected chi connectivity index (χ3v) is 9.00. The van der Waals surface area contributed by atoms with Crippen LogP contribution in [0.2, 0.25) is 0 Å². The number of alkyl halides is 1. The van der Waals surface area contributed by atoms with E-state index in [2.05, 4.69) is 30.1 Å². The first-order valence-electron chi connectivity index (χ1n) is 11.6. The minimum atomic E-state index is -1.39. The van der Waals surface area contributed by atoms with Crippen LogP contribution in [0.4, 0.5) is 4.39 Å². The molecule has 1 aromatic carbocycles. The molecule has 4 nitrogen and oxygen atoms in total. The first kappa shape index (κ1) is 19.7. The first-order valence-corrected chi connectivity index (χ1v) is 11.6. The van der Waals surface area contributed by atoms with Gasteiger partial charge in [0.15, 0.2) is 12.0 Å². The zero-order valence-corrected chi connectivity index (χ0v) is 18.0. The van der Waals surface area contributed by atoms with Crippen molar-refractivity contribution in [2.24, 2.45) is 17.3 Å². The third kappa shape index (κ3) is 2.75. The lowest BCUT2D eigenvalue weighted by Crippen LogP contribution is -2.49. The number of rotatable bonds is 1. The van der Waals surface area contributed by atoms with Crippen LogP contribution in [0.3, 0.4) is 0 Å². The van der Waals surface area contributed by atoms with E-state index in [-0.39, 0.29) is 30.1 Å². The van der Waals surface area contributed by atoms with Gasteiger partial charge in [-0.05, 0) is 73.3 Å². The van der Waals surface area contributed by atoms with Crippen molar-refractivity contribution in [3.63, 3.8) is 0 Å². The Kier molecular flexibility index (Phi) is 4.14. The summed E-state index contributed by atoms with van der Waals surface area (Å²) >= 11 is 0. The monoisotopic (exact) mass is 423 g/mol. The number of nitrogens with zero attached hydrogens (tertiary/aromatic N) is 1. The SMILES string of the molecule is CC12CC=C3CC4(F)CC(O)CCC4CC[C@]3(O)C1CC=C2c1ccc2ncoc2c1. The molecule has 0 spiro atoms. The van der Waals surface area contributed by atoms with Gasteiger partial charge in [-0.3, -0.25) is 0 Å². The zero-order valence-electron chi connectivity index (χ0n) is 18.0. The maximum Gasteiger partial charge on any atom is 0.181 e. The van der Waals surface area contributed by atoms with Crippen LogP contribution in [0.1, 0.15) is 63.9 Å². The van der Waals surface area contributed by atoms with Gasteiger partial charge in [0.05, 0.1) is 11.7 Å². The van der Waals surface area contributed by atoms with E-state index in [1.807, 2.05) is 12.1 Å². The Morgan fingerprint density at radius 1 is 1.19 bits per heavy atom. The van der Waals surface area contributed by atoms with Gasteiger partial charge < -0.3 is 14.6 Å². The van der Waals surface area contributed by atoms with Crippen LogP contribution in [0.5, 0.6) is 0 Å². The van der Waals surface area contributed by atoms with Crippen LogP contribution in [-0.4, -0.2) is 32.6 Å². The molecule has 4 aliphatic rings. The maximum atomic E-state index is 16.0. The van der Waals surface area contributed by atoms with Gasteiger partial charge >= 0.3 is 0 Å². The minimum Gasteiger partial charge on any atom is -0.443 e. The third-order valence-electron chi connectivity index (χ3n) is 9.00. The van der Waals surface area contributed by atoms with E-state index in [0.717, 1.165) is 35.1 Å². The standard InChI is InChI=1S/C26H30FNO3/c1-24-10-8-18-13-25(27)14-19(29)4-3-17(25)9-11-26(18,30)23(24)7-5-20(24)16-2-6-21-22(12-16)31-15-28-21/h2,5-6,8,12,15,17,19,23,29-30H,3-4,7,9-11,13-14H2,1H3/t17?,19?,23?,24?,25?,26-/m1/s1. The van der Waals surface area contributed by atoms with E-state index >= 15 is 4.39 Å². The summed E-state index contributed by atoms with van der Waals surface area (Å²) in [6, 6.07) is 6.12. The van der Waals surface area contributed by atoms with Crippen molar-refractivity contribution in [1.82, 2.24) is 4.98 Å². The van der Waals surface area contributed by atoms with E-state index < -0.39 is 17.4 Å². The Balaban J connectivity index is 1.37. The normalized spacial score (nSPS) is 42.3. The first-order chi connectivity index (χ1) is 14.8. The predicted molar refractivity (Wildman–Crippen MR) is 117 cm³/mol. The summed E-state index contributed by atoms with van der Waals surface area (Å²) < 4.78 is 21.5. The molecule has 31 heavy (non-hydrogen) atoms. The van der Waals surface area contributed by atoms with Crippen LogP contribution in [0.25, 0.3) is 16.7 Å². The van der Waals surface area contributed by atoms with Crippen molar-refractivity contribution in [3.8, 4) is 0 Å². The Labute approximate surface area is 181 Å². The topological polar surface area (TPSA) is 66.5 Å². The van der Waals surface area contributed by atoms with Gasteiger partial charge in [-0.2, -0.15) is 0 Å². The summed E-state index contributed by atoms with van der Waals surface area (Å²) in [6.45, 7) is 2.25. The van der Waals surface area contributed by atoms with Crippen molar-refractivity contribution >= 4 is 16.7 Å². The smallest absolute Gasteiger partial charge is 0.181 e. The molecular weight excluding hydrogens is 393 g/mol. The molecule has 0 saturated heterocycles. The zero-order chi connectivity index (χ0) is 21.4. The number of aliphatic hydroxyl groups is 2. The molecule has 164 valence electrons. The van der Waals surface area contributed by atoms with Crippen LogP contribution < -0.4 is 0 Å². The van der Waals surface area contributed by atoms with E-state index in [0.29, 0.717) is 25.7 Å². The second-order valence-electron chi connectivity index (χ2n) is 10.6. The summed E-state index contributed by atoms with van der Waals surface area (Å²) in [6.07, 6.45) is 10.0. The Morgan fingerprint density at radius 2 is 2.06 bits per heavy atom. The van der Waals surface area contributed by atoms with Crippen molar-refractivity contribution in [1.29, 1.82) is 0 Å². The number of allylic oxidation sites excluding steroid dienone is 3. The van der Waals surface area contributed by atoms with Crippen LogP contribution in [-0.2, 0) is 0 Å². The van der Waals surface area contributed by atoms with Crippen LogP contribution in [0, 0.1) is 17.3 Å². The van der Waals surface area contributed by atoms with Crippen LogP contribution >= 0.6 is 0 Å². The minimum absolute atomic E-state index is 0.0362. The Bertz CT molecular complexity index is 1110. The highest BCUT2D eigenvalue weighted by atomic mass is 19.1. The second kappa shape index (κ2) is 6.52. The number of aliphatic hydroxyl groups excluding tert-OH is 1. The van der Waals surface area contributed by atoms with Gasteiger partial charge in [0.25, 0.3) is 0 Å². The quantitative estimate of drug-likeness (QED) is 0.607. The van der Waals surface area contributed by atoms with Crippen molar-refractivity contribution in [3.05, 3.63) is 47.9 Å². The lowest BCUT2D eigenvalue weighted by atomic mass is 9.58. The number of oxazole rings is 1. The van der Waals surface area contributed by atoms with Gasteiger partial charge in [-0.25, -0.2) is 9.37 Å².